The second-order valence-electron chi connectivity index (χ2n) is 5.67. The van der Waals surface area contributed by atoms with Gasteiger partial charge in [-0.1, -0.05) is 29.8 Å². The minimum atomic E-state index is -0.0220. The van der Waals surface area contributed by atoms with Crippen molar-refractivity contribution in [1.29, 1.82) is 0 Å². The Labute approximate surface area is 143 Å². The van der Waals surface area contributed by atoms with E-state index in [9.17, 15) is 4.79 Å². The summed E-state index contributed by atoms with van der Waals surface area (Å²) < 4.78 is 0.740. The van der Waals surface area contributed by atoms with Gasteiger partial charge in [-0.05, 0) is 43.0 Å². The number of rotatable bonds is 3. The van der Waals surface area contributed by atoms with Gasteiger partial charge < -0.3 is 5.32 Å². The lowest BCUT2D eigenvalue weighted by Gasteiger charge is -2.12. The predicted octanol–water partition coefficient (Wildman–Crippen LogP) is 4.37. The Balaban J connectivity index is 1.71. The number of thiophene rings is 1. The van der Waals surface area contributed by atoms with Gasteiger partial charge in [0.1, 0.15) is 0 Å². The van der Waals surface area contributed by atoms with Crippen LogP contribution in [0.25, 0.3) is 10.9 Å². The fourth-order valence-electron chi connectivity index (χ4n) is 3.17. The molecular weight excluding hydrogens is 328 g/mol. The first-order valence-corrected chi connectivity index (χ1v) is 8.85. The maximum Gasteiger partial charge on any atom is 0.252 e. The Hall–Kier alpha value is -1.91. The third-order valence-electron chi connectivity index (χ3n) is 4.20. The molecule has 0 bridgehead atoms. The monoisotopic (exact) mass is 342 g/mol. The number of nitrogens with zero attached hydrogens (tertiary/aromatic N) is 1. The molecule has 0 saturated heterocycles. The Morgan fingerprint density at radius 1 is 1.22 bits per heavy atom. The van der Waals surface area contributed by atoms with E-state index in [2.05, 4.69) is 5.32 Å². The lowest BCUT2D eigenvalue weighted by molar-refractivity contribution is 0.0952. The van der Waals surface area contributed by atoms with E-state index in [1.807, 2.05) is 36.4 Å². The number of benzene rings is 1. The SMILES string of the molecule is O=C(NCc1ccc(Cl)s1)c1c2c(nc3ccccc13)CCC2. The predicted molar refractivity (Wildman–Crippen MR) is 94.3 cm³/mol. The molecule has 116 valence electrons. The van der Waals surface area contributed by atoms with Gasteiger partial charge in [0.2, 0.25) is 0 Å². The number of nitrogens with one attached hydrogen (secondary N) is 1. The highest BCUT2D eigenvalue weighted by atomic mass is 35.5. The molecule has 1 aromatic carbocycles. The summed E-state index contributed by atoms with van der Waals surface area (Å²) >= 11 is 7.44. The van der Waals surface area contributed by atoms with Crippen LogP contribution < -0.4 is 5.32 Å². The highest BCUT2D eigenvalue weighted by Crippen LogP contribution is 2.30. The van der Waals surface area contributed by atoms with Crippen LogP contribution in [0, 0.1) is 0 Å². The van der Waals surface area contributed by atoms with Crippen molar-refractivity contribution in [2.45, 2.75) is 25.8 Å². The maximum atomic E-state index is 12.8. The number of aromatic nitrogens is 1. The molecule has 0 spiro atoms. The van der Waals surface area contributed by atoms with Crippen LogP contribution in [0.15, 0.2) is 36.4 Å². The number of carbonyl (C=O) groups is 1. The molecule has 0 fully saturated rings. The smallest absolute Gasteiger partial charge is 0.252 e. The Kier molecular flexibility index (Phi) is 3.79. The average molecular weight is 343 g/mol. The molecule has 4 rings (SSSR count). The largest absolute Gasteiger partial charge is 0.347 e. The van der Waals surface area contributed by atoms with Gasteiger partial charge in [-0.3, -0.25) is 9.78 Å². The Morgan fingerprint density at radius 2 is 2.09 bits per heavy atom. The van der Waals surface area contributed by atoms with Crippen molar-refractivity contribution in [2.75, 3.05) is 0 Å². The van der Waals surface area contributed by atoms with Crippen LogP contribution in [0.5, 0.6) is 0 Å². The zero-order valence-corrected chi connectivity index (χ0v) is 14.0. The lowest BCUT2D eigenvalue weighted by atomic mass is 10.0. The van der Waals surface area contributed by atoms with Crippen LogP contribution in [0.1, 0.15) is 32.9 Å². The number of hydrogen-bond donors (Lipinski definition) is 1. The van der Waals surface area contributed by atoms with Crippen molar-refractivity contribution in [1.82, 2.24) is 10.3 Å². The molecule has 2 heterocycles. The van der Waals surface area contributed by atoms with Crippen molar-refractivity contribution in [3.8, 4) is 0 Å². The van der Waals surface area contributed by atoms with E-state index in [0.29, 0.717) is 6.54 Å². The van der Waals surface area contributed by atoms with E-state index in [0.717, 1.165) is 56.2 Å². The van der Waals surface area contributed by atoms with Gasteiger partial charge in [0.05, 0.1) is 22.0 Å². The van der Waals surface area contributed by atoms with Crippen molar-refractivity contribution in [3.63, 3.8) is 0 Å². The minimum absolute atomic E-state index is 0.0220. The first-order valence-electron chi connectivity index (χ1n) is 7.65. The van der Waals surface area contributed by atoms with Crippen molar-refractivity contribution < 1.29 is 4.79 Å². The van der Waals surface area contributed by atoms with E-state index >= 15 is 0 Å². The Bertz CT molecular complexity index is 903. The fraction of sp³-hybridized carbons (Fsp3) is 0.222. The van der Waals surface area contributed by atoms with E-state index in [1.54, 1.807) is 0 Å². The molecule has 1 N–H and O–H groups in total. The van der Waals surface area contributed by atoms with Gasteiger partial charge in [-0.15, -0.1) is 11.3 Å². The number of fused-ring (bicyclic) bond motifs is 2. The first kappa shape index (κ1) is 14.7. The topological polar surface area (TPSA) is 42.0 Å². The van der Waals surface area contributed by atoms with Crippen molar-refractivity contribution >= 4 is 39.7 Å². The lowest BCUT2D eigenvalue weighted by Crippen LogP contribution is -2.24. The molecule has 1 aliphatic rings. The molecule has 0 atom stereocenters. The van der Waals surface area contributed by atoms with Gasteiger partial charge >= 0.3 is 0 Å². The molecule has 3 nitrogen and oxygen atoms in total. The van der Waals surface area contributed by atoms with Crippen LogP contribution >= 0.6 is 22.9 Å². The standard InChI is InChI=1S/C18H15ClN2OS/c19-16-9-8-11(23-16)10-20-18(22)17-12-4-1-2-6-14(12)21-15-7-3-5-13(15)17/h1-2,4,6,8-9H,3,5,7,10H2,(H,20,22). The second kappa shape index (κ2) is 5.95. The third kappa shape index (κ3) is 2.73. The summed E-state index contributed by atoms with van der Waals surface area (Å²) in [5.41, 5.74) is 3.89. The number of hydrogen-bond acceptors (Lipinski definition) is 3. The average Bonchev–Trinajstić information content (AvgIpc) is 3.18. The summed E-state index contributed by atoms with van der Waals surface area (Å²) in [5, 5.41) is 3.98. The van der Waals surface area contributed by atoms with Crippen LogP contribution in [0.2, 0.25) is 4.34 Å². The molecule has 2 aromatic heterocycles. The highest BCUT2D eigenvalue weighted by Gasteiger charge is 2.23. The molecule has 0 aliphatic heterocycles. The van der Waals surface area contributed by atoms with E-state index in [-0.39, 0.29) is 5.91 Å². The maximum absolute atomic E-state index is 12.8. The number of para-hydroxylation sites is 1. The first-order chi connectivity index (χ1) is 11.2. The molecular formula is C18H15ClN2OS. The number of halogens is 1. The van der Waals surface area contributed by atoms with E-state index in [1.165, 1.54) is 11.3 Å². The summed E-state index contributed by atoms with van der Waals surface area (Å²) in [6, 6.07) is 11.7. The van der Waals surface area contributed by atoms with Crippen LogP contribution in [-0.2, 0) is 19.4 Å². The number of aryl methyl sites for hydroxylation is 1. The zero-order chi connectivity index (χ0) is 15.8. The van der Waals surface area contributed by atoms with Crippen LogP contribution in [-0.4, -0.2) is 10.9 Å². The molecule has 0 radical (unpaired) electrons. The quantitative estimate of drug-likeness (QED) is 0.768. The number of amides is 1. The normalized spacial score (nSPS) is 13.3. The number of carbonyl (C=O) groups excluding carboxylic acids is 1. The molecule has 3 aromatic rings. The van der Waals surface area contributed by atoms with E-state index < -0.39 is 0 Å². The molecule has 5 heteroatoms. The zero-order valence-electron chi connectivity index (χ0n) is 12.4. The summed E-state index contributed by atoms with van der Waals surface area (Å²) in [6.45, 7) is 0.502. The summed E-state index contributed by atoms with van der Waals surface area (Å²) in [5.74, 6) is -0.0220. The molecule has 0 saturated carbocycles. The van der Waals surface area contributed by atoms with Crippen molar-refractivity contribution in [3.05, 3.63) is 62.4 Å². The molecule has 0 unspecified atom stereocenters. The van der Waals surface area contributed by atoms with Gasteiger partial charge in [-0.2, -0.15) is 0 Å². The summed E-state index contributed by atoms with van der Waals surface area (Å²) in [6.07, 6.45) is 2.96. The molecule has 1 amide bonds. The van der Waals surface area contributed by atoms with Crippen LogP contribution in [0.4, 0.5) is 0 Å². The molecule has 1 aliphatic carbocycles. The Morgan fingerprint density at radius 3 is 2.91 bits per heavy atom. The van der Waals surface area contributed by atoms with Gasteiger partial charge in [0.15, 0.2) is 0 Å². The van der Waals surface area contributed by atoms with Gasteiger partial charge in [-0.25, -0.2) is 0 Å². The van der Waals surface area contributed by atoms with Crippen molar-refractivity contribution in [2.24, 2.45) is 0 Å². The van der Waals surface area contributed by atoms with E-state index in [4.69, 9.17) is 16.6 Å². The summed E-state index contributed by atoms with van der Waals surface area (Å²) in [4.78, 5) is 18.6. The number of pyridine rings is 1. The van der Waals surface area contributed by atoms with Gasteiger partial charge in [0, 0.05) is 16.0 Å². The second-order valence-corrected chi connectivity index (χ2v) is 7.47. The minimum Gasteiger partial charge on any atom is -0.347 e. The third-order valence-corrected chi connectivity index (χ3v) is 5.43. The fourth-order valence-corrected chi connectivity index (χ4v) is 4.20. The van der Waals surface area contributed by atoms with Gasteiger partial charge in [0.25, 0.3) is 5.91 Å². The summed E-state index contributed by atoms with van der Waals surface area (Å²) in [7, 11) is 0. The van der Waals surface area contributed by atoms with Crippen LogP contribution in [0.3, 0.4) is 0 Å². The molecule has 23 heavy (non-hydrogen) atoms. The highest BCUT2D eigenvalue weighted by molar-refractivity contribution is 7.16.